The van der Waals surface area contributed by atoms with Gasteiger partial charge in [0.2, 0.25) is 6.41 Å². The lowest BCUT2D eigenvalue weighted by Gasteiger charge is -2.24. The highest BCUT2D eigenvalue weighted by Gasteiger charge is 2.57. The van der Waals surface area contributed by atoms with Crippen LogP contribution in [0.15, 0.2) is 16.9 Å². The second-order valence-corrected chi connectivity index (χ2v) is 3.99. The van der Waals surface area contributed by atoms with E-state index in [1.165, 1.54) is 6.92 Å². The summed E-state index contributed by atoms with van der Waals surface area (Å²) in [6, 6.07) is 1.43. The SMILES string of the molecule is CCn1c(C(F)(F)C(F)(F)Cl)ccc(NC=O)c1=O. The zero-order valence-corrected chi connectivity index (χ0v) is 10.3. The first kappa shape index (κ1) is 15.5. The number of nitrogens with zero attached hydrogens (tertiary/aromatic N) is 1. The van der Waals surface area contributed by atoms with Gasteiger partial charge in [0.25, 0.3) is 5.56 Å². The maximum Gasteiger partial charge on any atom is 0.390 e. The molecule has 0 radical (unpaired) electrons. The van der Waals surface area contributed by atoms with Gasteiger partial charge < -0.3 is 9.88 Å². The van der Waals surface area contributed by atoms with Crippen molar-refractivity contribution < 1.29 is 22.4 Å². The van der Waals surface area contributed by atoms with Crippen LogP contribution in [0, 0.1) is 0 Å². The van der Waals surface area contributed by atoms with E-state index in [9.17, 15) is 27.2 Å². The summed E-state index contributed by atoms with van der Waals surface area (Å²) in [5.74, 6) is -4.72. The number of rotatable bonds is 5. The summed E-state index contributed by atoms with van der Waals surface area (Å²) in [5.41, 5.74) is -2.54. The van der Waals surface area contributed by atoms with Crippen LogP contribution >= 0.6 is 11.6 Å². The number of carbonyl (C=O) groups is 1. The molecular weight excluding hydrogens is 292 g/mol. The molecule has 1 aromatic heterocycles. The molecule has 9 heteroatoms. The Kier molecular flexibility index (Phi) is 4.24. The number of amides is 1. The number of halogens is 5. The first-order valence-corrected chi connectivity index (χ1v) is 5.43. The molecule has 0 saturated heterocycles. The molecule has 0 unspecified atom stereocenters. The van der Waals surface area contributed by atoms with Gasteiger partial charge in [-0.25, -0.2) is 0 Å². The van der Waals surface area contributed by atoms with Crippen molar-refractivity contribution in [2.24, 2.45) is 0 Å². The molecule has 1 heterocycles. The van der Waals surface area contributed by atoms with Crippen LogP contribution in [0.5, 0.6) is 0 Å². The summed E-state index contributed by atoms with van der Waals surface area (Å²) in [4.78, 5) is 21.9. The lowest BCUT2D eigenvalue weighted by molar-refractivity contribution is -0.168. The predicted molar refractivity (Wildman–Crippen MR) is 60.8 cm³/mol. The average Bonchev–Trinajstić information content (AvgIpc) is 2.30. The van der Waals surface area contributed by atoms with E-state index in [0.717, 1.165) is 6.07 Å². The number of pyridine rings is 1. The molecule has 0 spiro atoms. The fourth-order valence-corrected chi connectivity index (χ4v) is 1.58. The maximum absolute atomic E-state index is 13.5. The largest absolute Gasteiger partial charge is 0.390 e. The zero-order chi connectivity index (χ0) is 14.8. The van der Waals surface area contributed by atoms with Gasteiger partial charge >= 0.3 is 11.3 Å². The Morgan fingerprint density at radius 2 is 1.95 bits per heavy atom. The van der Waals surface area contributed by atoms with Gasteiger partial charge in [-0.3, -0.25) is 9.59 Å². The summed E-state index contributed by atoms with van der Waals surface area (Å²) < 4.78 is 52.8. The molecule has 0 bridgehead atoms. The Balaban J connectivity index is 3.51. The molecule has 1 aromatic rings. The molecule has 4 nitrogen and oxygen atoms in total. The Morgan fingerprint density at radius 1 is 1.37 bits per heavy atom. The van der Waals surface area contributed by atoms with Gasteiger partial charge in [0, 0.05) is 6.54 Å². The molecule has 0 aliphatic rings. The Labute approximate surface area is 110 Å². The van der Waals surface area contributed by atoms with E-state index in [0.29, 0.717) is 10.6 Å². The van der Waals surface area contributed by atoms with E-state index in [-0.39, 0.29) is 18.6 Å². The fraction of sp³-hybridized carbons (Fsp3) is 0.400. The number of hydrogen-bond acceptors (Lipinski definition) is 2. The van der Waals surface area contributed by atoms with Crippen LogP contribution in [-0.2, 0) is 17.3 Å². The van der Waals surface area contributed by atoms with E-state index in [1.54, 1.807) is 0 Å². The van der Waals surface area contributed by atoms with Crippen LogP contribution in [0.3, 0.4) is 0 Å². The molecule has 0 fully saturated rings. The third kappa shape index (κ3) is 2.73. The molecule has 19 heavy (non-hydrogen) atoms. The highest BCUT2D eigenvalue weighted by atomic mass is 35.5. The number of hydrogen-bond donors (Lipinski definition) is 1. The number of aromatic nitrogens is 1. The van der Waals surface area contributed by atoms with Gasteiger partial charge in [0.1, 0.15) is 5.69 Å². The summed E-state index contributed by atoms with van der Waals surface area (Å²) in [7, 11) is 0. The number of anilines is 1. The second kappa shape index (κ2) is 5.20. The molecule has 0 aliphatic heterocycles. The minimum atomic E-state index is -4.84. The monoisotopic (exact) mass is 300 g/mol. The predicted octanol–water partition coefficient (Wildman–Crippen LogP) is 2.36. The first-order chi connectivity index (χ1) is 8.66. The van der Waals surface area contributed by atoms with Crippen molar-refractivity contribution in [1.82, 2.24) is 4.57 Å². The maximum atomic E-state index is 13.5. The molecule has 106 valence electrons. The Bertz CT molecular complexity index is 539. The molecule has 0 atom stereocenters. The van der Waals surface area contributed by atoms with E-state index in [4.69, 9.17) is 0 Å². The van der Waals surface area contributed by atoms with Crippen molar-refractivity contribution >= 4 is 23.7 Å². The van der Waals surface area contributed by atoms with Crippen molar-refractivity contribution in [2.75, 3.05) is 5.32 Å². The summed E-state index contributed by atoms with van der Waals surface area (Å²) in [6.07, 6.45) is 0.171. The summed E-state index contributed by atoms with van der Waals surface area (Å²) in [5, 5.41) is -2.85. The van der Waals surface area contributed by atoms with Gasteiger partial charge in [0.15, 0.2) is 0 Å². The fourth-order valence-electron chi connectivity index (χ4n) is 1.48. The van der Waals surface area contributed by atoms with Gasteiger partial charge in [-0.05, 0) is 30.7 Å². The van der Waals surface area contributed by atoms with Gasteiger partial charge in [-0.1, -0.05) is 0 Å². The standard InChI is InChI=1S/C10H9ClF4N2O2/c1-2-17-7(9(12,13)10(11,14)15)4-3-6(8(17)19)16-5-18/h3-5H,2H2,1H3,(H,16,18). The zero-order valence-electron chi connectivity index (χ0n) is 9.59. The summed E-state index contributed by atoms with van der Waals surface area (Å²) in [6.45, 7) is 1.03. The minimum Gasteiger partial charge on any atom is -0.324 e. The number of carbonyl (C=O) groups excluding carboxylic acids is 1. The van der Waals surface area contributed by atoms with Crippen LogP contribution in [0.25, 0.3) is 0 Å². The Morgan fingerprint density at radius 3 is 2.37 bits per heavy atom. The highest BCUT2D eigenvalue weighted by Crippen LogP contribution is 2.45. The smallest absolute Gasteiger partial charge is 0.324 e. The topological polar surface area (TPSA) is 51.1 Å². The van der Waals surface area contributed by atoms with Crippen molar-refractivity contribution in [1.29, 1.82) is 0 Å². The molecule has 0 aromatic carbocycles. The van der Waals surface area contributed by atoms with Crippen LogP contribution in [0.4, 0.5) is 23.2 Å². The molecule has 1 rings (SSSR count). The third-order valence-electron chi connectivity index (χ3n) is 2.38. The van der Waals surface area contributed by atoms with Crippen molar-refractivity contribution in [3.63, 3.8) is 0 Å². The van der Waals surface area contributed by atoms with Crippen LogP contribution in [0.2, 0.25) is 0 Å². The number of alkyl halides is 5. The minimum absolute atomic E-state index is 0.171. The second-order valence-electron chi connectivity index (χ2n) is 3.52. The highest BCUT2D eigenvalue weighted by molar-refractivity contribution is 6.22. The van der Waals surface area contributed by atoms with Crippen molar-refractivity contribution in [2.45, 2.75) is 24.8 Å². The molecule has 1 amide bonds. The Hall–Kier alpha value is -1.57. The van der Waals surface area contributed by atoms with Gasteiger partial charge in [0.05, 0.1) is 5.69 Å². The van der Waals surface area contributed by atoms with E-state index < -0.39 is 22.6 Å². The van der Waals surface area contributed by atoms with Crippen molar-refractivity contribution in [3.05, 3.63) is 28.2 Å². The van der Waals surface area contributed by atoms with Crippen LogP contribution < -0.4 is 10.9 Å². The van der Waals surface area contributed by atoms with E-state index >= 15 is 0 Å². The third-order valence-corrected chi connectivity index (χ3v) is 2.62. The van der Waals surface area contributed by atoms with E-state index in [2.05, 4.69) is 11.6 Å². The lowest BCUT2D eigenvalue weighted by atomic mass is 10.2. The lowest BCUT2D eigenvalue weighted by Crippen LogP contribution is -2.39. The average molecular weight is 301 g/mol. The first-order valence-electron chi connectivity index (χ1n) is 5.05. The quantitative estimate of drug-likeness (QED) is 0.515. The van der Waals surface area contributed by atoms with Crippen molar-refractivity contribution in [3.8, 4) is 0 Å². The van der Waals surface area contributed by atoms with Crippen LogP contribution in [0.1, 0.15) is 12.6 Å². The van der Waals surface area contributed by atoms with Crippen LogP contribution in [-0.4, -0.2) is 16.4 Å². The molecule has 0 aliphatic carbocycles. The van der Waals surface area contributed by atoms with Gasteiger partial charge in [-0.2, -0.15) is 17.6 Å². The molecule has 1 N–H and O–H groups in total. The van der Waals surface area contributed by atoms with Gasteiger partial charge in [-0.15, -0.1) is 0 Å². The molecule has 0 saturated carbocycles. The normalized spacial score (nSPS) is 12.3. The molecular formula is C10H9ClF4N2O2. The number of nitrogens with one attached hydrogen (secondary N) is 1. The summed E-state index contributed by atoms with van der Waals surface area (Å²) >= 11 is 4.37. The van der Waals surface area contributed by atoms with E-state index in [1.807, 2.05) is 5.32 Å².